The molecule has 24 heavy (non-hydrogen) atoms. The van der Waals surface area contributed by atoms with Crippen molar-refractivity contribution >= 4 is 17.5 Å². The number of nitrogens with zero attached hydrogens (tertiary/aromatic N) is 1. The molecule has 0 saturated carbocycles. The number of carbonyl (C=O) groups excluding carboxylic acids is 2. The summed E-state index contributed by atoms with van der Waals surface area (Å²) in [5, 5.41) is 5.79. The zero-order valence-electron chi connectivity index (χ0n) is 14.3. The van der Waals surface area contributed by atoms with E-state index in [1.54, 1.807) is 31.4 Å². The van der Waals surface area contributed by atoms with Crippen LogP contribution in [0.5, 0.6) is 0 Å². The van der Waals surface area contributed by atoms with E-state index in [1.807, 2.05) is 4.90 Å². The van der Waals surface area contributed by atoms with E-state index in [4.69, 9.17) is 4.74 Å². The van der Waals surface area contributed by atoms with Gasteiger partial charge in [0.25, 0.3) is 5.91 Å². The number of likely N-dealkylation sites (tertiary alicyclic amines) is 1. The monoisotopic (exact) mass is 333 g/mol. The molecule has 2 rings (SSSR count). The molecule has 1 heterocycles. The minimum absolute atomic E-state index is 0.0796. The van der Waals surface area contributed by atoms with E-state index in [2.05, 4.69) is 10.6 Å². The fourth-order valence-electron chi connectivity index (χ4n) is 2.73. The Balaban J connectivity index is 1.83. The van der Waals surface area contributed by atoms with Crippen molar-refractivity contribution in [1.82, 2.24) is 10.2 Å². The molecule has 6 nitrogen and oxygen atoms in total. The van der Waals surface area contributed by atoms with Crippen molar-refractivity contribution in [3.05, 3.63) is 29.8 Å². The number of anilines is 1. The van der Waals surface area contributed by atoms with Crippen LogP contribution in [0.4, 0.5) is 5.69 Å². The number of hydrogen-bond donors (Lipinski definition) is 2. The van der Waals surface area contributed by atoms with Gasteiger partial charge in [0, 0.05) is 38.0 Å². The number of hydrogen-bond acceptors (Lipinski definition) is 4. The molecule has 1 saturated heterocycles. The van der Waals surface area contributed by atoms with Crippen molar-refractivity contribution in [3.63, 3.8) is 0 Å². The van der Waals surface area contributed by atoms with Crippen molar-refractivity contribution in [1.29, 1.82) is 0 Å². The van der Waals surface area contributed by atoms with Gasteiger partial charge < -0.3 is 20.3 Å². The van der Waals surface area contributed by atoms with Crippen LogP contribution in [0.15, 0.2) is 24.3 Å². The van der Waals surface area contributed by atoms with E-state index in [1.165, 1.54) is 12.8 Å². The maximum absolute atomic E-state index is 12.5. The molecular formula is C18H27N3O3. The molecule has 1 aromatic carbocycles. The van der Waals surface area contributed by atoms with E-state index in [-0.39, 0.29) is 18.4 Å². The molecule has 0 spiro atoms. The number of carbonyl (C=O) groups is 2. The van der Waals surface area contributed by atoms with E-state index in [9.17, 15) is 9.59 Å². The highest BCUT2D eigenvalue weighted by Gasteiger charge is 2.17. The first-order valence-corrected chi connectivity index (χ1v) is 8.59. The SMILES string of the molecule is COCCNCC(=O)Nc1ccc(C(=O)N2CCCCCC2)cc1. The Morgan fingerprint density at radius 2 is 1.75 bits per heavy atom. The Bertz CT molecular complexity index is 523. The molecule has 1 aliphatic rings. The molecule has 6 heteroatoms. The van der Waals surface area contributed by atoms with Crippen LogP contribution < -0.4 is 10.6 Å². The molecule has 1 aliphatic heterocycles. The standard InChI is InChI=1S/C18H27N3O3/c1-24-13-10-19-14-17(22)20-16-8-6-15(7-9-16)18(23)21-11-4-2-3-5-12-21/h6-9,19H,2-5,10-14H2,1H3,(H,20,22). The Morgan fingerprint density at radius 3 is 2.38 bits per heavy atom. The molecule has 0 aromatic heterocycles. The topological polar surface area (TPSA) is 70.7 Å². The van der Waals surface area contributed by atoms with E-state index >= 15 is 0 Å². The van der Waals surface area contributed by atoms with E-state index in [0.29, 0.717) is 24.4 Å². The van der Waals surface area contributed by atoms with Crippen LogP contribution >= 0.6 is 0 Å². The van der Waals surface area contributed by atoms with Crippen LogP contribution in [-0.4, -0.2) is 56.6 Å². The lowest BCUT2D eigenvalue weighted by Gasteiger charge is -2.20. The second-order valence-electron chi connectivity index (χ2n) is 6.00. The zero-order valence-corrected chi connectivity index (χ0v) is 14.3. The first-order valence-electron chi connectivity index (χ1n) is 8.59. The number of ether oxygens (including phenoxy) is 1. The summed E-state index contributed by atoms with van der Waals surface area (Å²) in [6.07, 6.45) is 4.56. The summed E-state index contributed by atoms with van der Waals surface area (Å²) in [5.41, 5.74) is 1.37. The molecule has 2 amide bonds. The van der Waals surface area contributed by atoms with Gasteiger partial charge in [-0.1, -0.05) is 12.8 Å². The van der Waals surface area contributed by atoms with Gasteiger partial charge in [0.15, 0.2) is 0 Å². The van der Waals surface area contributed by atoms with Gasteiger partial charge in [0.1, 0.15) is 0 Å². The lowest BCUT2D eigenvalue weighted by molar-refractivity contribution is -0.115. The Hall–Kier alpha value is -1.92. The highest BCUT2D eigenvalue weighted by molar-refractivity contribution is 5.96. The summed E-state index contributed by atoms with van der Waals surface area (Å²) in [4.78, 5) is 26.2. The van der Waals surface area contributed by atoms with Crippen molar-refractivity contribution in [2.24, 2.45) is 0 Å². The fourth-order valence-corrected chi connectivity index (χ4v) is 2.73. The first kappa shape index (κ1) is 18.4. The molecule has 1 aromatic rings. The molecule has 2 N–H and O–H groups in total. The van der Waals surface area contributed by atoms with Crippen LogP contribution in [0.25, 0.3) is 0 Å². The average Bonchev–Trinajstić information content (AvgIpc) is 2.88. The van der Waals surface area contributed by atoms with Gasteiger partial charge in [-0.05, 0) is 37.1 Å². The normalized spacial score (nSPS) is 15.0. The highest BCUT2D eigenvalue weighted by atomic mass is 16.5. The fraction of sp³-hybridized carbons (Fsp3) is 0.556. The Morgan fingerprint density at radius 1 is 1.08 bits per heavy atom. The second kappa shape index (κ2) is 10.1. The molecule has 132 valence electrons. The summed E-state index contributed by atoms with van der Waals surface area (Å²) in [5.74, 6) is -0.0336. The number of rotatable bonds is 7. The van der Waals surface area contributed by atoms with Crippen molar-refractivity contribution in [2.75, 3.05) is 45.2 Å². The summed E-state index contributed by atoms with van der Waals surface area (Å²) >= 11 is 0. The molecular weight excluding hydrogens is 306 g/mol. The molecule has 0 radical (unpaired) electrons. The van der Waals surface area contributed by atoms with Crippen molar-refractivity contribution < 1.29 is 14.3 Å². The van der Waals surface area contributed by atoms with Gasteiger partial charge in [0.05, 0.1) is 13.2 Å². The number of nitrogens with one attached hydrogen (secondary N) is 2. The lowest BCUT2D eigenvalue weighted by atomic mass is 10.1. The summed E-state index contributed by atoms with van der Waals surface area (Å²) in [6, 6.07) is 7.11. The quantitative estimate of drug-likeness (QED) is 0.748. The number of amides is 2. The van der Waals surface area contributed by atoms with Gasteiger partial charge in [-0.15, -0.1) is 0 Å². The zero-order chi connectivity index (χ0) is 17.2. The minimum atomic E-state index is -0.113. The number of benzene rings is 1. The molecule has 0 bridgehead atoms. The number of methoxy groups -OCH3 is 1. The Labute approximate surface area is 143 Å². The average molecular weight is 333 g/mol. The predicted octanol–water partition coefficient (Wildman–Crippen LogP) is 1.88. The van der Waals surface area contributed by atoms with Crippen molar-refractivity contribution in [2.45, 2.75) is 25.7 Å². The maximum atomic E-state index is 12.5. The summed E-state index contributed by atoms with van der Waals surface area (Å²) in [6.45, 7) is 3.11. The van der Waals surface area contributed by atoms with Gasteiger partial charge in [-0.3, -0.25) is 9.59 Å². The van der Waals surface area contributed by atoms with Crippen LogP contribution in [0.3, 0.4) is 0 Å². The van der Waals surface area contributed by atoms with E-state index in [0.717, 1.165) is 25.9 Å². The third-order valence-corrected chi connectivity index (χ3v) is 4.08. The molecule has 0 unspecified atom stereocenters. The van der Waals surface area contributed by atoms with Crippen LogP contribution in [-0.2, 0) is 9.53 Å². The third kappa shape index (κ3) is 5.94. The lowest BCUT2D eigenvalue weighted by Crippen LogP contribution is -2.32. The smallest absolute Gasteiger partial charge is 0.253 e. The molecule has 0 aliphatic carbocycles. The molecule has 0 atom stereocenters. The summed E-state index contributed by atoms with van der Waals surface area (Å²) < 4.78 is 4.91. The van der Waals surface area contributed by atoms with Gasteiger partial charge in [-0.2, -0.15) is 0 Å². The van der Waals surface area contributed by atoms with Crippen LogP contribution in [0.1, 0.15) is 36.0 Å². The van der Waals surface area contributed by atoms with Gasteiger partial charge in [0.2, 0.25) is 5.91 Å². The van der Waals surface area contributed by atoms with Gasteiger partial charge in [-0.25, -0.2) is 0 Å². The predicted molar refractivity (Wildman–Crippen MR) is 94.2 cm³/mol. The Kier molecular flexibility index (Phi) is 7.71. The second-order valence-corrected chi connectivity index (χ2v) is 6.00. The van der Waals surface area contributed by atoms with Crippen LogP contribution in [0.2, 0.25) is 0 Å². The highest BCUT2D eigenvalue weighted by Crippen LogP contribution is 2.15. The molecule has 1 fully saturated rings. The van der Waals surface area contributed by atoms with Crippen LogP contribution in [0, 0.1) is 0 Å². The minimum Gasteiger partial charge on any atom is -0.383 e. The maximum Gasteiger partial charge on any atom is 0.253 e. The third-order valence-electron chi connectivity index (χ3n) is 4.08. The van der Waals surface area contributed by atoms with Crippen molar-refractivity contribution in [3.8, 4) is 0 Å². The van der Waals surface area contributed by atoms with Gasteiger partial charge >= 0.3 is 0 Å². The van der Waals surface area contributed by atoms with E-state index < -0.39 is 0 Å². The first-order chi connectivity index (χ1) is 11.7. The summed E-state index contributed by atoms with van der Waals surface area (Å²) in [7, 11) is 1.62. The largest absolute Gasteiger partial charge is 0.383 e.